The molecule has 5 rings (SSSR count). The smallest absolute Gasteiger partial charge is 0.273 e. The van der Waals surface area contributed by atoms with Crippen molar-refractivity contribution in [3.8, 4) is 0 Å². The van der Waals surface area contributed by atoms with Gasteiger partial charge in [-0.2, -0.15) is 5.10 Å². The zero-order valence-electron chi connectivity index (χ0n) is 12.4. The van der Waals surface area contributed by atoms with Crippen LogP contribution in [-0.2, 0) is 6.54 Å². The van der Waals surface area contributed by atoms with E-state index in [9.17, 15) is 4.79 Å². The lowest BCUT2D eigenvalue weighted by Gasteiger charge is -2.54. The Hall–Kier alpha value is -1.03. The highest BCUT2D eigenvalue weighted by Gasteiger charge is 2.48. The minimum absolute atomic E-state index is 0.0929. The Morgan fingerprint density at radius 3 is 2.43 bits per heavy atom. The van der Waals surface area contributed by atoms with Crippen molar-refractivity contribution in [3.63, 3.8) is 0 Å². The Labute approximate surface area is 130 Å². The number of aromatic nitrogens is 2. The summed E-state index contributed by atoms with van der Waals surface area (Å²) in [7, 11) is 0. The summed E-state index contributed by atoms with van der Waals surface area (Å²) in [6.45, 7) is 2.72. The van der Waals surface area contributed by atoms with Gasteiger partial charge in [0.25, 0.3) is 5.91 Å². The van der Waals surface area contributed by atoms with E-state index in [2.05, 4.69) is 10.4 Å². The van der Waals surface area contributed by atoms with Crippen LogP contribution in [0.3, 0.4) is 0 Å². The number of nitrogens with zero attached hydrogens (tertiary/aromatic N) is 2. The van der Waals surface area contributed by atoms with E-state index in [4.69, 9.17) is 11.6 Å². The number of halogens is 1. The number of amides is 1. The van der Waals surface area contributed by atoms with Crippen molar-refractivity contribution in [2.24, 2.45) is 23.7 Å². The normalized spacial score (nSPS) is 37.0. The van der Waals surface area contributed by atoms with Crippen molar-refractivity contribution >= 4 is 17.5 Å². The fraction of sp³-hybridized carbons (Fsp3) is 0.750. The van der Waals surface area contributed by atoms with Gasteiger partial charge < -0.3 is 5.32 Å². The molecule has 5 heteroatoms. The van der Waals surface area contributed by atoms with Crippen LogP contribution in [0, 0.1) is 23.7 Å². The predicted octanol–water partition coefficient (Wildman–Crippen LogP) is 3.11. The van der Waals surface area contributed by atoms with Crippen LogP contribution in [0.15, 0.2) is 6.20 Å². The van der Waals surface area contributed by atoms with Crippen LogP contribution in [0.25, 0.3) is 0 Å². The van der Waals surface area contributed by atoms with Crippen molar-refractivity contribution in [1.82, 2.24) is 15.1 Å². The number of rotatable bonds is 3. The Kier molecular flexibility index (Phi) is 3.25. The summed E-state index contributed by atoms with van der Waals surface area (Å²) in [5, 5.41) is 8.00. The van der Waals surface area contributed by atoms with Crippen molar-refractivity contribution in [1.29, 1.82) is 0 Å². The van der Waals surface area contributed by atoms with Crippen molar-refractivity contribution in [3.05, 3.63) is 16.9 Å². The summed E-state index contributed by atoms with van der Waals surface area (Å²) in [4.78, 5) is 12.5. The minimum Gasteiger partial charge on any atom is -0.347 e. The van der Waals surface area contributed by atoms with Gasteiger partial charge in [-0.1, -0.05) is 11.6 Å². The topological polar surface area (TPSA) is 46.9 Å². The molecule has 1 aromatic rings. The fourth-order valence-electron chi connectivity index (χ4n) is 5.09. The van der Waals surface area contributed by atoms with Gasteiger partial charge in [0, 0.05) is 18.8 Å². The number of aryl methyl sites for hydroxylation is 1. The maximum atomic E-state index is 12.5. The van der Waals surface area contributed by atoms with Gasteiger partial charge in [-0.3, -0.25) is 9.48 Å². The van der Waals surface area contributed by atoms with Crippen LogP contribution >= 0.6 is 11.6 Å². The summed E-state index contributed by atoms with van der Waals surface area (Å²) >= 11 is 6.14. The molecule has 0 aliphatic heterocycles. The van der Waals surface area contributed by atoms with Gasteiger partial charge in [0.05, 0.1) is 5.02 Å². The molecule has 1 heterocycles. The lowest BCUT2D eigenvalue weighted by Crippen LogP contribution is -2.55. The molecule has 0 spiro atoms. The first kappa shape index (κ1) is 13.6. The summed E-state index contributed by atoms with van der Waals surface area (Å²) in [6, 6.07) is 0.341. The first-order valence-electron chi connectivity index (χ1n) is 8.17. The summed E-state index contributed by atoms with van der Waals surface area (Å²) in [6.07, 6.45) is 8.36. The van der Waals surface area contributed by atoms with E-state index < -0.39 is 0 Å². The molecule has 4 nitrogen and oxygen atoms in total. The zero-order chi connectivity index (χ0) is 14.6. The molecule has 21 heavy (non-hydrogen) atoms. The molecule has 1 N–H and O–H groups in total. The maximum absolute atomic E-state index is 12.5. The van der Waals surface area contributed by atoms with E-state index in [1.54, 1.807) is 10.9 Å². The number of nitrogens with one attached hydrogen (secondary N) is 1. The highest BCUT2D eigenvalue weighted by molar-refractivity contribution is 6.33. The van der Waals surface area contributed by atoms with Gasteiger partial charge >= 0.3 is 0 Å². The van der Waals surface area contributed by atoms with Crippen LogP contribution in [0.4, 0.5) is 0 Å². The lowest BCUT2D eigenvalue weighted by molar-refractivity contribution is -0.0120. The highest BCUT2D eigenvalue weighted by Crippen LogP contribution is 2.53. The Morgan fingerprint density at radius 2 is 1.90 bits per heavy atom. The monoisotopic (exact) mass is 307 g/mol. The van der Waals surface area contributed by atoms with E-state index in [1.807, 2.05) is 6.92 Å². The first-order valence-corrected chi connectivity index (χ1v) is 8.55. The Morgan fingerprint density at radius 1 is 1.29 bits per heavy atom. The van der Waals surface area contributed by atoms with Crippen molar-refractivity contribution in [2.75, 3.05) is 0 Å². The largest absolute Gasteiger partial charge is 0.347 e. The summed E-state index contributed by atoms with van der Waals surface area (Å²) in [5.41, 5.74) is 0.382. The number of hydrogen-bond acceptors (Lipinski definition) is 2. The average molecular weight is 308 g/mol. The number of carbonyl (C=O) groups is 1. The van der Waals surface area contributed by atoms with E-state index >= 15 is 0 Å². The molecule has 4 saturated carbocycles. The van der Waals surface area contributed by atoms with Crippen LogP contribution in [-0.4, -0.2) is 21.7 Å². The van der Waals surface area contributed by atoms with Crippen LogP contribution in [0.1, 0.15) is 49.5 Å². The first-order chi connectivity index (χ1) is 10.1. The molecular weight excluding hydrogens is 286 g/mol. The quantitative estimate of drug-likeness (QED) is 0.932. The SMILES string of the molecule is CCn1cc(Cl)c(C(=O)NC2C3CC4CC(C3)CC2C4)n1. The van der Waals surface area contributed by atoms with E-state index in [1.165, 1.54) is 32.1 Å². The highest BCUT2D eigenvalue weighted by atomic mass is 35.5. The molecule has 4 fully saturated rings. The van der Waals surface area contributed by atoms with E-state index in [0.717, 1.165) is 18.4 Å². The standard InChI is InChI=1S/C16H22ClN3O/c1-2-20-8-13(17)15(19-20)16(21)18-14-11-4-9-3-10(6-11)7-12(14)5-9/h8-12,14H,2-7H2,1H3,(H,18,21). The molecule has 4 aliphatic carbocycles. The maximum Gasteiger partial charge on any atom is 0.273 e. The predicted molar refractivity (Wildman–Crippen MR) is 81.2 cm³/mol. The van der Waals surface area contributed by atoms with Crippen LogP contribution < -0.4 is 5.32 Å². The third-order valence-electron chi connectivity index (χ3n) is 5.78. The molecular formula is C16H22ClN3O. The molecule has 114 valence electrons. The molecule has 0 saturated heterocycles. The molecule has 1 amide bonds. The summed E-state index contributed by atoms with van der Waals surface area (Å²) < 4.78 is 1.72. The lowest BCUT2D eigenvalue weighted by atomic mass is 9.54. The molecule has 0 radical (unpaired) electrons. The number of carbonyl (C=O) groups excluding carboxylic acids is 1. The molecule has 0 unspecified atom stereocenters. The third-order valence-corrected chi connectivity index (χ3v) is 6.06. The van der Waals surface area contributed by atoms with E-state index in [0.29, 0.717) is 28.6 Å². The summed E-state index contributed by atoms with van der Waals surface area (Å²) in [5.74, 6) is 3.10. The minimum atomic E-state index is -0.0929. The molecule has 1 aromatic heterocycles. The molecule has 0 aromatic carbocycles. The van der Waals surface area contributed by atoms with Crippen molar-refractivity contribution in [2.45, 2.75) is 51.6 Å². The number of hydrogen-bond donors (Lipinski definition) is 1. The van der Waals surface area contributed by atoms with Gasteiger partial charge in [-0.05, 0) is 62.7 Å². The molecule has 4 bridgehead atoms. The van der Waals surface area contributed by atoms with Gasteiger partial charge in [-0.25, -0.2) is 0 Å². The Balaban J connectivity index is 1.50. The Bertz CT molecular complexity index is 540. The fourth-order valence-corrected chi connectivity index (χ4v) is 5.33. The second-order valence-electron chi connectivity index (χ2n) is 7.11. The molecule has 4 aliphatic rings. The van der Waals surface area contributed by atoms with Crippen LogP contribution in [0.5, 0.6) is 0 Å². The average Bonchev–Trinajstić information content (AvgIpc) is 2.83. The third kappa shape index (κ3) is 2.28. The second kappa shape index (κ2) is 5.01. The van der Waals surface area contributed by atoms with Gasteiger partial charge in [0.2, 0.25) is 0 Å². The second-order valence-corrected chi connectivity index (χ2v) is 7.52. The molecule has 0 atom stereocenters. The zero-order valence-corrected chi connectivity index (χ0v) is 13.1. The van der Waals surface area contributed by atoms with Gasteiger partial charge in [-0.15, -0.1) is 0 Å². The van der Waals surface area contributed by atoms with Gasteiger partial charge in [0.15, 0.2) is 5.69 Å². The van der Waals surface area contributed by atoms with Crippen molar-refractivity contribution < 1.29 is 4.79 Å². The van der Waals surface area contributed by atoms with Gasteiger partial charge in [0.1, 0.15) is 0 Å². The van der Waals surface area contributed by atoms with Crippen LogP contribution in [0.2, 0.25) is 5.02 Å². The van der Waals surface area contributed by atoms with E-state index in [-0.39, 0.29) is 5.91 Å².